The molecule has 0 radical (unpaired) electrons. The molecular weight excluding hydrogens is 298 g/mol. The predicted molar refractivity (Wildman–Crippen MR) is 72.5 cm³/mol. The number of rotatable bonds is 5. The topological polar surface area (TPSA) is 125 Å². The first kappa shape index (κ1) is 15.3. The molecule has 114 valence electrons. The Balaban J connectivity index is 2.43. The van der Waals surface area contributed by atoms with Crippen molar-refractivity contribution in [2.45, 2.75) is 31.7 Å². The lowest BCUT2D eigenvalue weighted by atomic mass is 10.2. The zero-order chi connectivity index (χ0) is 15.8. The predicted octanol–water partition coefficient (Wildman–Crippen LogP) is 1.36. The van der Waals surface area contributed by atoms with Crippen LogP contribution in [0.1, 0.15) is 40.7 Å². The summed E-state index contributed by atoms with van der Waals surface area (Å²) >= 11 is 0. The van der Waals surface area contributed by atoms with Crippen LogP contribution in [-0.4, -0.2) is 29.5 Å². The highest BCUT2D eigenvalue weighted by atomic mass is 32.2. The second kappa shape index (κ2) is 5.34. The van der Waals surface area contributed by atoms with Crippen LogP contribution in [-0.2, 0) is 10.0 Å². The molecule has 1 unspecified atom stereocenters. The fraction of sp³-hybridized carbons (Fsp3) is 0.333. The van der Waals surface area contributed by atoms with Gasteiger partial charge in [-0.2, -0.15) is 0 Å². The monoisotopic (exact) mass is 313 g/mol. The van der Waals surface area contributed by atoms with Gasteiger partial charge in [0.05, 0.1) is 6.04 Å². The molecule has 2 aromatic rings. The summed E-state index contributed by atoms with van der Waals surface area (Å²) in [6, 6.07) is -0.638. The number of furan rings is 1. The molecule has 2 rings (SSSR count). The van der Waals surface area contributed by atoms with E-state index in [0.717, 1.165) is 0 Å². The van der Waals surface area contributed by atoms with Gasteiger partial charge in [-0.1, -0.05) is 0 Å². The summed E-state index contributed by atoms with van der Waals surface area (Å²) in [7, 11) is -4.06. The van der Waals surface area contributed by atoms with E-state index in [1.54, 1.807) is 13.1 Å². The number of nitrogens with one attached hydrogen (secondary N) is 2. The van der Waals surface area contributed by atoms with Crippen molar-refractivity contribution in [2.75, 3.05) is 0 Å². The number of aromatic carboxylic acids is 1. The van der Waals surface area contributed by atoms with Crippen LogP contribution >= 0.6 is 0 Å². The van der Waals surface area contributed by atoms with E-state index < -0.39 is 22.0 Å². The number of aromatic amines is 1. The molecule has 2 aromatic heterocycles. The first-order chi connectivity index (χ1) is 9.74. The fourth-order valence-corrected chi connectivity index (χ4v) is 3.71. The quantitative estimate of drug-likeness (QED) is 0.765. The maximum Gasteiger partial charge on any atom is 0.340 e. The van der Waals surface area contributed by atoms with E-state index in [2.05, 4.69) is 14.7 Å². The molecule has 0 spiro atoms. The van der Waals surface area contributed by atoms with Gasteiger partial charge in [0.1, 0.15) is 27.8 Å². The third-order valence-corrected chi connectivity index (χ3v) is 4.64. The van der Waals surface area contributed by atoms with Crippen molar-refractivity contribution in [2.24, 2.45) is 0 Å². The third kappa shape index (κ3) is 2.83. The van der Waals surface area contributed by atoms with E-state index in [4.69, 9.17) is 4.42 Å². The van der Waals surface area contributed by atoms with Gasteiger partial charge >= 0.3 is 5.97 Å². The molecule has 8 nitrogen and oxygen atoms in total. The lowest BCUT2D eigenvalue weighted by Crippen LogP contribution is -2.29. The Morgan fingerprint density at radius 2 is 2.10 bits per heavy atom. The molecular formula is C12H15N3O5S. The Kier molecular flexibility index (Phi) is 3.88. The van der Waals surface area contributed by atoms with Crippen molar-refractivity contribution in [3.05, 3.63) is 35.3 Å². The average Bonchev–Trinajstić information content (AvgIpc) is 2.95. The van der Waals surface area contributed by atoms with Gasteiger partial charge in [0.2, 0.25) is 10.0 Å². The van der Waals surface area contributed by atoms with Crippen LogP contribution in [0.15, 0.2) is 21.7 Å². The first-order valence-corrected chi connectivity index (χ1v) is 7.57. The summed E-state index contributed by atoms with van der Waals surface area (Å²) in [5.41, 5.74) is -0.355. The Bertz CT molecular complexity index is 761. The molecule has 0 aromatic carbocycles. The highest BCUT2D eigenvalue weighted by molar-refractivity contribution is 7.89. The van der Waals surface area contributed by atoms with Gasteiger partial charge in [-0.25, -0.2) is 22.9 Å². The largest absolute Gasteiger partial charge is 0.478 e. The van der Waals surface area contributed by atoms with E-state index >= 15 is 0 Å². The van der Waals surface area contributed by atoms with Gasteiger partial charge in [0.15, 0.2) is 0 Å². The number of sulfonamides is 1. The Hall–Kier alpha value is -2.13. The van der Waals surface area contributed by atoms with E-state index in [1.165, 1.54) is 20.0 Å². The molecule has 2 heterocycles. The smallest absolute Gasteiger partial charge is 0.340 e. The fourth-order valence-electron chi connectivity index (χ4n) is 2.10. The molecule has 0 bridgehead atoms. The van der Waals surface area contributed by atoms with Gasteiger partial charge in [-0.15, -0.1) is 0 Å². The number of aromatic nitrogens is 2. The van der Waals surface area contributed by atoms with E-state index in [1.807, 2.05) is 0 Å². The molecule has 0 aliphatic rings. The second-order valence-corrected chi connectivity index (χ2v) is 6.19. The van der Waals surface area contributed by atoms with Crippen LogP contribution in [0.25, 0.3) is 0 Å². The van der Waals surface area contributed by atoms with Crippen LogP contribution in [0.2, 0.25) is 0 Å². The summed E-state index contributed by atoms with van der Waals surface area (Å²) in [6.07, 6.45) is 3.06. The maximum atomic E-state index is 12.4. The minimum Gasteiger partial charge on any atom is -0.478 e. The highest BCUT2D eigenvalue weighted by Gasteiger charge is 2.32. The molecule has 0 aliphatic heterocycles. The second-order valence-electron chi connectivity index (χ2n) is 4.54. The zero-order valence-corrected chi connectivity index (χ0v) is 12.5. The number of carbonyl (C=O) groups is 1. The number of hydrogen-bond acceptors (Lipinski definition) is 5. The number of imidazole rings is 1. The van der Waals surface area contributed by atoms with Gasteiger partial charge in [0.25, 0.3) is 0 Å². The Morgan fingerprint density at radius 1 is 1.43 bits per heavy atom. The van der Waals surface area contributed by atoms with Gasteiger partial charge < -0.3 is 14.5 Å². The summed E-state index contributed by atoms with van der Waals surface area (Å²) < 4.78 is 32.4. The number of carboxylic acid groups (broad SMARTS) is 1. The lowest BCUT2D eigenvalue weighted by Gasteiger charge is -2.12. The molecule has 3 N–H and O–H groups in total. The molecule has 9 heteroatoms. The standard InChI is InChI=1S/C12H15N3O5S/c1-6(11-13-4-5-14-11)15-21(18,19)10-8(3)20-7(2)9(10)12(16)17/h4-6,15H,1-3H3,(H,13,14)(H,16,17). The Labute approximate surface area is 121 Å². The van der Waals surface area contributed by atoms with Gasteiger partial charge in [-0.3, -0.25) is 0 Å². The summed E-state index contributed by atoms with van der Waals surface area (Å²) in [5.74, 6) is -0.848. The first-order valence-electron chi connectivity index (χ1n) is 6.09. The summed E-state index contributed by atoms with van der Waals surface area (Å²) in [6.45, 7) is 4.41. The average molecular weight is 313 g/mol. The van der Waals surface area contributed by atoms with E-state index in [0.29, 0.717) is 5.82 Å². The number of carboxylic acids is 1. The summed E-state index contributed by atoms with van der Waals surface area (Å²) in [4.78, 5) is 17.6. The lowest BCUT2D eigenvalue weighted by molar-refractivity contribution is 0.0691. The van der Waals surface area contributed by atoms with E-state index in [-0.39, 0.29) is 22.0 Å². The molecule has 1 atom stereocenters. The number of nitrogens with zero attached hydrogens (tertiary/aromatic N) is 1. The summed E-state index contributed by atoms with van der Waals surface area (Å²) in [5, 5.41) is 9.17. The van der Waals surface area contributed by atoms with Crippen molar-refractivity contribution in [1.29, 1.82) is 0 Å². The van der Waals surface area contributed by atoms with Crippen molar-refractivity contribution in [3.63, 3.8) is 0 Å². The van der Waals surface area contributed by atoms with Crippen molar-refractivity contribution >= 4 is 16.0 Å². The zero-order valence-electron chi connectivity index (χ0n) is 11.7. The molecule has 0 aliphatic carbocycles. The van der Waals surface area contributed by atoms with E-state index in [9.17, 15) is 18.3 Å². The molecule has 0 saturated carbocycles. The van der Waals surface area contributed by atoms with Crippen LogP contribution < -0.4 is 4.72 Å². The van der Waals surface area contributed by atoms with Crippen LogP contribution in [0.4, 0.5) is 0 Å². The third-order valence-electron chi connectivity index (χ3n) is 2.95. The van der Waals surface area contributed by atoms with Gasteiger partial charge in [0, 0.05) is 12.4 Å². The maximum absolute atomic E-state index is 12.4. The highest BCUT2D eigenvalue weighted by Crippen LogP contribution is 2.27. The molecule has 0 amide bonds. The minimum absolute atomic E-state index is 0.0315. The SMILES string of the molecule is Cc1oc(C)c(S(=O)(=O)NC(C)c2ncc[nH]2)c1C(=O)O. The molecule has 21 heavy (non-hydrogen) atoms. The van der Waals surface area contributed by atoms with Crippen LogP contribution in [0.3, 0.4) is 0 Å². The van der Waals surface area contributed by atoms with Crippen LogP contribution in [0, 0.1) is 13.8 Å². The normalized spacial score (nSPS) is 13.3. The Morgan fingerprint density at radius 3 is 2.62 bits per heavy atom. The minimum atomic E-state index is -4.06. The molecule has 0 saturated heterocycles. The number of H-pyrrole nitrogens is 1. The number of hydrogen-bond donors (Lipinski definition) is 3. The van der Waals surface area contributed by atoms with Crippen molar-refractivity contribution in [3.8, 4) is 0 Å². The van der Waals surface area contributed by atoms with Crippen LogP contribution in [0.5, 0.6) is 0 Å². The van der Waals surface area contributed by atoms with Crippen molar-refractivity contribution < 1.29 is 22.7 Å². The molecule has 0 fully saturated rings. The van der Waals surface area contributed by atoms with Crippen molar-refractivity contribution in [1.82, 2.24) is 14.7 Å². The number of aryl methyl sites for hydroxylation is 2. The van der Waals surface area contributed by atoms with Gasteiger partial charge in [-0.05, 0) is 20.8 Å².